The van der Waals surface area contributed by atoms with Gasteiger partial charge in [-0.2, -0.15) is 8.75 Å². The van der Waals surface area contributed by atoms with Gasteiger partial charge in [-0.05, 0) is 21.0 Å². The van der Waals surface area contributed by atoms with Crippen LogP contribution in [-0.4, -0.2) is 72.3 Å². The van der Waals surface area contributed by atoms with Crippen molar-refractivity contribution < 1.29 is 4.79 Å². The third kappa shape index (κ3) is 3.64. The van der Waals surface area contributed by atoms with Crippen molar-refractivity contribution in [1.29, 1.82) is 0 Å². The second kappa shape index (κ2) is 6.65. The fourth-order valence-electron chi connectivity index (χ4n) is 1.47. The van der Waals surface area contributed by atoms with Crippen molar-refractivity contribution in [1.82, 2.24) is 18.5 Å². The van der Waals surface area contributed by atoms with E-state index in [1.165, 1.54) is 4.90 Å². The number of rotatable bonds is 6. The van der Waals surface area contributed by atoms with E-state index in [1.54, 1.807) is 14.1 Å². The van der Waals surface area contributed by atoms with Crippen LogP contribution in [0, 0.1) is 0 Å². The summed E-state index contributed by atoms with van der Waals surface area (Å²) in [5, 5.41) is 0. The number of anilines is 1. The van der Waals surface area contributed by atoms with Crippen molar-refractivity contribution >= 4 is 23.5 Å². The average molecular weight is 271 g/mol. The lowest BCUT2D eigenvalue weighted by Gasteiger charge is -2.23. The summed E-state index contributed by atoms with van der Waals surface area (Å²) < 4.78 is 8.38. The van der Waals surface area contributed by atoms with E-state index in [1.807, 2.05) is 14.1 Å². The first kappa shape index (κ1) is 14.8. The molecule has 0 fully saturated rings. The van der Waals surface area contributed by atoms with Crippen LogP contribution in [0.5, 0.6) is 0 Å². The third-order valence-electron chi connectivity index (χ3n) is 2.58. The molecule has 1 amide bonds. The summed E-state index contributed by atoms with van der Waals surface area (Å²) in [7, 11) is 7.50. The minimum absolute atomic E-state index is 0.0953. The predicted molar refractivity (Wildman–Crippen MR) is 74.4 cm³/mol. The lowest BCUT2D eigenvalue weighted by Crippen LogP contribution is -2.33. The molecular weight excluding hydrogens is 250 g/mol. The van der Waals surface area contributed by atoms with E-state index in [9.17, 15) is 4.79 Å². The maximum absolute atomic E-state index is 12.0. The van der Waals surface area contributed by atoms with Gasteiger partial charge in [-0.15, -0.1) is 0 Å². The smallest absolute Gasteiger partial charge is 0.276 e. The highest BCUT2D eigenvalue weighted by Gasteiger charge is 2.22. The van der Waals surface area contributed by atoms with Gasteiger partial charge in [-0.3, -0.25) is 4.79 Å². The number of carbonyl (C=O) groups excluding carboxylic acids is 1. The molecule has 1 aromatic heterocycles. The molecule has 7 heteroatoms. The fraction of sp³-hybridized carbons (Fsp3) is 0.727. The van der Waals surface area contributed by atoms with Gasteiger partial charge in [0.1, 0.15) is 0 Å². The number of aromatic nitrogens is 2. The minimum atomic E-state index is -0.0953. The number of amides is 1. The quantitative estimate of drug-likeness (QED) is 0.759. The molecule has 0 aliphatic heterocycles. The molecule has 0 spiro atoms. The monoisotopic (exact) mass is 271 g/mol. The van der Waals surface area contributed by atoms with Crippen molar-refractivity contribution in [3.05, 3.63) is 5.69 Å². The second-order valence-corrected chi connectivity index (χ2v) is 5.05. The molecule has 1 heterocycles. The molecule has 6 nitrogen and oxygen atoms in total. The van der Waals surface area contributed by atoms with Gasteiger partial charge in [-0.1, -0.05) is 0 Å². The third-order valence-corrected chi connectivity index (χ3v) is 3.10. The Morgan fingerprint density at radius 1 is 1.17 bits per heavy atom. The summed E-state index contributed by atoms with van der Waals surface area (Å²) in [4.78, 5) is 17.7. The average Bonchev–Trinajstić information content (AvgIpc) is 2.77. The maximum Gasteiger partial charge on any atom is 0.276 e. The summed E-state index contributed by atoms with van der Waals surface area (Å²) in [6.07, 6.45) is 0. The Hall–Kier alpha value is -1.21. The molecule has 0 saturated heterocycles. The Morgan fingerprint density at radius 2 is 1.83 bits per heavy atom. The van der Waals surface area contributed by atoms with Crippen LogP contribution in [0.25, 0.3) is 0 Å². The first-order chi connectivity index (χ1) is 8.47. The van der Waals surface area contributed by atoms with Crippen molar-refractivity contribution in [3.63, 3.8) is 0 Å². The molecule has 1 rings (SSSR count). The Labute approximate surface area is 113 Å². The highest BCUT2D eigenvalue weighted by molar-refractivity contribution is 6.99. The number of hydrogen-bond acceptors (Lipinski definition) is 6. The minimum Gasteiger partial charge on any atom is -0.353 e. The zero-order valence-corrected chi connectivity index (χ0v) is 12.5. The van der Waals surface area contributed by atoms with E-state index in [0.717, 1.165) is 31.4 Å². The Balaban J connectivity index is 2.86. The molecule has 0 aliphatic rings. The van der Waals surface area contributed by atoms with E-state index in [-0.39, 0.29) is 5.91 Å². The van der Waals surface area contributed by atoms with Crippen LogP contribution in [0.3, 0.4) is 0 Å². The Morgan fingerprint density at radius 3 is 2.33 bits per heavy atom. The molecule has 0 unspecified atom stereocenters. The standard InChI is InChI=1S/C11H21N5OS/c1-6-16(8-7-14(2)3)10-9(12-18-13-10)11(17)15(4)5/h6-8H2,1-5H3. The predicted octanol–water partition coefficient (Wildman–Crippen LogP) is 0.628. The van der Waals surface area contributed by atoms with Crippen LogP contribution in [-0.2, 0) is 0 Å². The number of likely N-dealkylation sites (N-methyl/N-ethyl adjacent to an activating group) is 2. The lowest BCUT2D eigenvalue weighted by molar-refractivity contribution is 0.0823. The van der Waals surface area contributed by atoms with Gasteiger partial charge in [0, 0.05) is 33.7 Å². The molecule has 0 N–H and O–H groups in total. The Kier molecular flexibility index (Phi) is 5.49. The largest absolute Gasteiger partial charge is 0.353 e. The molecule has 0 aromatic carbocycles. The van der Waals surface area contributed by atoms with Gasteiger partial charge < -0.3 is 14.7 Å². The van der Waals surface area contributed by atoms with Crippen molar-refractivity contribution in [3.8, 4) is 0 Å². The molecule has 0 atom stereocenters. The zero-order valence-electron chi connectivity index (χ0n) is 11.7. The Bertz CT molecular complexity index is 391. The van der Waals surface area contributed by atoms with Crippen molar-refractivity contribution in [2.75, 3.05) is 52.7 Å². The fourth-order valence-corrected chi connectivity index (χ4v) is 2.03. The van der Waals surface area contributed by atoms with E-state index >= 15 is 0 Å². The van der Waals surface area contributed by atoms with Crippen LogP contribution in [0.1, 0.15) is 17.4 Å². The number of carbonyl (C=O) groups is 1. The van der Waals surface area contributed by atoms with Crippen LogP contribution in [0.15, 0.2) is 0 Å². The molecule has 0 bridgehead atoms. The molecule has 0 aliphatic carbocycles. The van der Waals surface area contributed by atoms with Gasteiger partial charge in [0.2, 0.25) is 0 Å². The first-order valence-corrected chi connectivity index (χ1v) is 6.64. The summed E-state index contributed by atoms with van der Waals surface area (Å²) in [6, 6.07) is 0. The molecule has 18 heavy (non-hydrogen) atoms. The highest BCUT2D eigenvalue weighted by atomic mass is 32.1. The van der Waals surface area contributed by atoms with Crippen molar-refractivity contribution in [2.24, 2.45) is 0 Å². The molecule has 0 saturated carbocycles. The van der Waals surface area contributed by atoms with Crippen molar-refractivity contribution in [2.45, 2.75) is 6.92 Å². The van der Waals surface area contributed by atoms with E-state index < -0.39 is 0 Å². The topological polar surface area (TPSA) is 52.6 Å². The van der Waals surface area contributed by atoms with Crippen LogP contribution in [0.2, 0.25) is 0 Å². The summed E-state index contributed by atoms with van der Waals surface area (Å²) in [5.74, 6) is 0.602. The first-order valence-electron chi connectivity index (χ1n) is 5.91. The van der Waals surface area contributed by atoms with Crippen LogP contribution >= 0.6 is 11.7 Å². The molecule has 1 aromatic rings. The van der Waals surface area contributed by atoms with Gasteiger partial charge >= 0.3 is 0 Å². The van der Waals surface area contributed by atoms with E-state index in [2.05, 4.69) is 25.5 Å². The molecular formula is C11H21N5OS. The van der Waals surface area contributed by atoms with Gasteiger partial charge in [0.15, 0.2) is 11.5 Å². The normalized spacial score (nSPS) is 10.8. The molecule has 102 valence electrons. The zero-order chi connectivity index (χ0) is 13.7. The maximum atomic E-state index is 12.0. The summed E-state index contributed by atoms with van der Waals surface area (Å²) in [5.41, 5.74) is 0.450. The van der Waals surface area contributed by atoms with Gasteiger partial charge in [0.05, 0.1) is 11.7 Å². The SMILES string of the molecule is CCN(CCN(C)C)c1nsnc1C(=O)N(C)C. The summed E-state index contributed by atoms with van der Waals surface area (Å²) >= 11 is 1.09. The number of hydrogen-bond donors (Lipinski definition) is 0. The van der Waals surface area contributed by atoms with Crippen LogP contribution < -0.4 is 4.90 Å². The highest BCUT2D eigenvalue weighted by Crippen LogP contribution is 2.18. The second-order valence-electron chi connectivity index (χ2n) is 4.52. The summed E-state index contributed by atoms with van der Waals surface area (Å²) in [6.45, 7) is 4.62. The molecule has 0 radical (unpaired) electrons. The van der Waals surface area contributed by atoms with Crippen LogP contribution in [0.4, 0.5) is 5.82 Å². The lowest BCUT2D eigenvalue weighted by atomic mass is 10.3. The van der Waals surface area contributed by atoms with Gasteiger partial charge in [-0.25, -0.2) is 0 Å². The van der Waals surface area contributed by atoms with E-state index in [0.29, 0.717) is 11.5 Å². The van der Waals surface area contributed by atoms with E-state index in [4.69, 9.17) is 0 Å². The number of nitrogens with zero attached hydrogens (tertiary/aromatic N) is 5. The van der Waals surface area contributed by atoms with Gasteiger partial charge in [0.25, 0.3) is 5.91 Å².